The van der Waals surface area contributed by atoms with Gasteiger partial charge in [-0.25, -0.2) is 4.79 Å². The third-order valence-electron chi connectivity index (χ3n) is 5.43. The molecule has 0 saturated heterocycles. The zero-order chi connectivity index (χ0) is 27.9. The second-order valence-corrected chi connectivity index (χ2v) is 8.55. The van der Waals surface area contributed by atoms with Gasteiger partial charge in [0, 0.05) is 32.6 Å². The van der Waals surface area contributed by atoms with Crippen LogP contribution in [-0.2, 0) is 28.6 Å². The van der Waals surface area contributed by atoms with Gasteiger partial charge in [-0.3, -0.25) is 9.78 Å². The Kier molecular flexibility index (Phi) is 12.8. The Morgan fingerprint density at radius 1 is 0.769 bits per heavy atom. The smallest absolute Gasteiger partial charge is 0.352 e. The summed E-state index contributed by atoms with van der Waals surface area (Å²) in [5, 5.41) is 0.0297. The number of hydrogen-bond donors (Lipinski definition) is 0. The number of halogens is 1. The van der Waals surface area contributed by atoms with E-state index in [1.54, 1.807) is 20.3 Å². The number of methoxy groups -OCH3 is 2. The molecule has 0 amide bonds. The Hall–Kier alpha value is -3.34. The number of carbonyl (C=O) groups excluding carboxylic acids is 1. The van der Waals surface area contributed by atoms with Gasteiger partial charge in [-0.05, 0) is 17.2 Å². The van der Waals surface area contributed by atoms with E-state index in [2.05, 4.69) is 0 Å². The number of rotatable bonds is 17. The molecule has 9 nitrogen and oxygen atoms in total. The van der Waals surface area contributed by atoms with Gasteiger partial charge >= 0.3 is 5.97 Å². The van der Waals surface area contributed by atoms with Crippen LogP contribution in [0, 0.1) is 0 Å². The van der Waals surface area contributed by atoms with E-state index in [-0.39, 0.29) is 36.0 Å². The third kappa shape index (κ3) is 9.12. The molecule has 3 aromatic carbocycles. The molecule has 39 heavy (non-hydrogen) atoms. The standard InChI is InChI=1S/C29H33ClO9/c1-21(31)38-39-25-18-24(26(22-10-6-4-7-11-22)23-12-8-5-9-13-23)28(36-19-34-16-14-32-2)29(27(25)30)37-20-35-17-15-33-3/h4-13,18,26H,14-17,19-20H2,1-3H3. The van der Waals surface area contributed by atoms with Crippen LogP contribution in [0.15, 0.2) is 66.7 Å². The van der Waals surface area contributed by atoms with Gasteiger partial charge in [0.05, 0.1) is 26.4 Å². The summed E-state index contributed by atoms with van der Waals surface area (Å²) in [6, 6.07) is 21.4. The first-order valence-electron chi connectivity index (χ1n) is 12.3. The molecular formula is C29H33ClO9. The molecule has 0 spiro atoms. The van der Waals surface area contributed by atoms with E-state index in [1.165, 1.54) is 6.92 Å². The predicted molar refractivity (Wildman–Crippen MR) is 144 cm³/mol. The van der Waals surface area contributed by atoms with Gasteiger partial charge in [0.15, 0.2) is 25.1 Å². The minimum Gasteiger partial charge on any atom is -0.463 e. The summed E-state index contributed by atoms with van der Waals surface area (Å²) in [5.41, 5.74) is 2.58. The van der Waals surface area contributed by atoms with E-state index < -0.39 is 5.97 Å². The van der Waals surface area contributed by atoms with Crippen molar-refractivity contribution >= 4 is 17.6 Å². The second kappa shape index (κ2) is 16.6. The van der Waals surface area contributed by atoms with Gasteiger partial charge in [0.25, 0.3) is 0 Å². The van der Waals surface area contributed by atoms with E-state index in [1.807, 2.05) is 60.7 Å². The minimum atomic E-state index is -0.646. The van der Waals surface area contributed by atoms with Crippen molar-refractivity contribution in [3.8, 4) is 17.2 Å². The topological polar surface area (TPSA) is 90.9 Å². The molecule has 10 heteroatoms. The van der Waals surface area contributed by atoms with Crippen molar-refractivity contribution in [2.75, 3.05) is 54.2 Å². The van der Waals surface area contributed by atoms with Crippen LogP contribution in [0.2, 0.25) is 5.02 Å². The molecule has 210 valence electrons. The van der Waals surface area contributed by atoms with Crippen molar-refractivity contribution in [2.45, 2.75) is 12.8 Å². The van der Waals surface area contributed by atoms with E-state index in [0.29, 0.717) is 37.7 Å². The molecule has 0 aliphatic heterocycles. The highest BCUT2D eigenvalue weighted by atomic mass is 35.5. The van der Waals surface area contributed by atoms with Crippen LogP contribution in [0.4, 0.5) is 0 Å². The highest BCUT2D eigenvalue weighted by Gasteiger charge is 2.29. The molecule has 0 aliphatic carbocycles. The second-order valence-electron chi connectivity index (χ2n) is 8.18. The lowest BCUT2D eigenvalue weighted by atomic mass is 9.84. The zero-order valence-electron chi connectivity index (χ0n) is 22.2. The van der Waals surface area contributed by atoms with E-state index in [4.69, 9.17) is 49.8 Å². The van der Waals surface area contributed by atoms with Gasteiger partial charge in [0.2, 0.25) is 5.75 Å². The average Bonchev–Trinajstić information content (AvgIpc) is 2.95. The molecule has 0 unspecified atom stereocenters. The summed E-state index contributed by atoms with van der Waals surface area (Å²) in [4.78, 5) is 21.7. The van der Waals surface area contributed by atoms with Crippen molar-refractivity contribution in [1.82, 2.24) is 0 Å². The first kappa shape index (κ1) is 30.2. The Balaban J connectivity index is 2.15. The number of benzene rings is 3. The van der Waals surface area contributed by atoms with Crippen LogP contribution in [0.1, 0.15) is 29.5 Å². The van der Waals surface area contributed by atoms with Crippen molar-refractivity contribution < 1.29 is 43.0 Å². The van der Waals surface area contributed by atoms with E-state index >= 15 is 0 Å². The monoisotopic (exact) mass is 560 g/mol. The molecule has 0 bridgehead atoms. The summed E-state index contributed by atoms with van der Waals surface area (Å²) in [5.74, 6) is -0.456. The van der Waals surface area contributed by atoms with Gasteiger partial charge in [-0.15, -0.1) is 0 Å². The fourth-order valence-electron chi connectivity index (χ4n) is 3.72. The van der Waals surface area contributed by atoms with E-state index in [9.17, 15) is 4.79 Å². The molecule has 0 saturated carbocycles. The maximum Gasteiger partial charge on any atom is 0.352 e. The van der Waals surface area contributed by atoms with Crippen LogP contribution < -0.4 is 14.4 Å². The maximum atomic E-state index is 11.5. The fraction of sp³-hybridized carbons (Fsp3) is 0.345. The summed E-state index contributed by atoms with van der Waals surface area (Å²) in [6.07, 6.45) is 0. The molecule has 0 atom stereocenters. The fourth-order valence-corrected chi connectivity index (χ4v) is 3.94. The lowest BCUT2D eigenvalue weighted by Crippen LogP contribution is -2.15. The molecule has 3 rings (SSSR count). The summed E-state index contributed by atoms with van der Waals surface area (Å²) < 4.78 is 33.3. The van der Waals surface area contributed by atoms with Crippen LogP contribution >= 0.6 is 11.6 Å². The maximum absolute atomic E-state index is 11.5. The number of hydrogen-bond acceptors (Lipinski definition) is 9. The SMILES string of the molecule is COCCOCOc1c(C(c2ccccc2)c2ccccc2)cc(OOC(C)=O)c(Cl)c1OCOCCOC. The number of carbonyl (C=O) groups is 1. The van der Waals surface area contributed by atoms with Gasteiger partial charge in [-0.1, -0.05) is 72.3 Å². The highest BCUT2D eigenvalue weighted by Crippen LogP contribution is 2.49. The predicted octanol–water partition coefficient (Wildman–Crippen LogP) is 5.38. The molecule has 0 aromatic heterocycles. The zero-order valence-corrected chi connectivity index (χ0v) is 23.0. The van der Waals surface area contributed by atoms with Gasteiger partial charge in [-0.2, -0.15) is 0 Å². The lowest BCUT2D eigenvalue weighted by Gasteiger charge is -2.25. The third-order valence-corrected chi connectivity index (χ3v) is 5.79. The molecule has 0 heterocycles. The Labute approximate surface area is 233 Å². The molecule has 0 N–H and O–H groups in total. The first-order valence-corrected chi connectivity index (χ1v) is 12.6. The minimum absolute atomic E-state index is 0.0297. The van der Waals surface area contributed by atoms with Crippen molar-refractivity contribution in [3.63, 3.8) is 0 Å². The summed E-state index contributed by atoms with van der Waals surface area (Å²) in [6.45, 7) is 2.39. The molecule has 0 aliphatic rings. The van der Waals surface area contributed by atoms with Gasteiger partial charge in [0.1, 0.15) is 5.02 Å². The Bertz CT molecular complexity index is 1100. The van der Waals surface area contributed by atoms with E-state index in [0.717, 1.165) is 11.1 Å². The summed E-state index contributed by atoms with van der Waals surface area (Å²) >= 11 is 6.71. The van der Waals surface area contributed by atoms with Crippen LogP contribution in [-0.4, -0.2) is 60.2 Å². The largest absolute Gasteiger partial charge is 0.463 e. The van der Waals surface area contributed by atoms with Crippen LogP contribution in [0.25, 0.3) is 0 Å². The Morgan fingerprint density at radius 3 is 1.77 bits per heavy atom. The van der Waals surface area contributed by atoms with Gasteiger partial charge < -0.3 is 28.4 Å². The average molecular weight is 561 g/mol. The molecule has 0 radical (unpaired) electrons. The lowest BCUT2D eigenvalue weighted by molar-refractivity contribution is -0.210. The highest BCUT2D eigenvalue weighted by molar-refractivity contribution is 6.33. The first-order chi connectivity index (χ1) is 19.1. The number of ether oxygens (including phenoxy) is 6. The molecule has 3 aromatic rings. The van der Waals surface area contributed by atoms with Crippen molar-refractivity contribution in [3.05, 3.63) is 88.4 Å². The Morgan fingerprint density at radius 2 is 1.28 bits per heavy atom. The van der Waals surface area contributed by atoms with Crippen molar-refractivity contribution in [2.24, 2.45) is 0 Å². The normalized spacial score (nSPS) is 10.9. The summed E-state index contributed by atoms with van der Waals surface area (Å²) in [7, 11) is 3.16. The van der Waals surface area contributed by atoms with Crippen LogP contribution in [0.3, 0.4) is 0 Å². The quantitative estimate of drug-likeness (QED) is 0.0709. The molecule has 0 fully saturated rings. The molecular weight excluding hydrogens is 528 g/mol. The van der Waals surface area contributed by atoms with Crippen LogP contribution in [0.5, 0.6) is 17.2 Å². The van der Waals surface area contributed by atoms with Crippen molar-refractivity contribution in [1.29, 1.82) is 0 Å².